The van der Waals surface area contributed by atoms with Gasteiger partial charge in [0.15, 0.2) is 5.03 Å². The highest BCUT2D eigenvalue weighted by Crippen LogP contribution is 2.32. The molecule has 3 aromatic carbocycles. The van der Waals surface area contributed by atoms with Crippen LogP contribution < -0.4 is 0 Å². The molecule has 7 heteroatoms. The molecule has 0 N–H and O–H groups in total. The Balaban J connectivity index is 1.72. The second kappa shape index (κ2) is 7.48. The third kappa shape index (κ3) is 3.38. The van der Waals surface area contributed by atoms with Gasteiger partial charge in [0.25, 0.3) is 0 Å². The van der Waals surface area contributed by atoms with Crippen molar-refractivity contribution in [3.8, 4) is 5.69 Å². The van der Waals surface area contributed by atoms with E-state index in [-0.39, 0.29) is 16.5 Å². The summed E-state index contributed by atoms with van der Waals surface area (Å²) < 4.78 is 28.5. The summed E-state index contributed by atoms with van der Waals surface area (Å²) in [5.41, 5.74) is 4.83. The maximum absolute atomic E-state index is 13.4. The van der Waals surface area contributed by atoms with Crippen LogP contribution in [-0.4, -0.2) is 23.7 Å². The van der Waals surface area contributed by atoms with Crippen LogP contribution in [0.3, 0.4) is 0 Å². The van der Waals surface area contributed by atoms with Gasteiger partial charge in [-0.2, -0.15) is 0 Å². The minimum Gasteiger partial charge on any atom is -0.299 e. The predicted octanol–water partition coefficient (Wildman–Crippen LogP) is 5.02. The molecule has 0 amide bonds. The zero-order valence-electron chi connectivity index (χ0n) is 16.7. The normalized spacial score (nSPS) is 13.2. The van der Waals surface area contributed by atoms with Gasteiger partial charge in [0, 0.05) is 16.1 Å². The van der Waals surface area contributed by atoms with Crippen LogP contribution >= 0.6 is 11.6 Å². The Morgan fingerprint density at radius 2 is 1.71 bits per heavy atom. The molecule has 5 nitrogen and oxygen atoms in total. The number of aliphatic imine (C=N–C) groups is 1. The van der Waals surface area contributed by atoms with Gasteiger partial charge in [-0.25, -0.2) is 13.4 Å². The number of sulfone groups is 1. The van der Waals surface area contributed by atoms with Gasteiger partial charge in [-0.1, -0.05) is 59.6 Å². The molecule has 5 rings (SSSR count). The average molecular weight is 448 g/mol. The van der Waals surface area contributed by atoms with E-state index < -0.39 is 9.84 Å². The summed E-state index contributed by atoms with van der Waals surface area (Å²) in [5, 5.41) is 0.605. The van der Waals surface area contributed by atoms with Gasteiger partial charge >= 0.3 is 0 Å². The van der Waals surface area contributed by atoms with Crippen molar-refractivity contribution < 1.29 is 8.42 Å². The van der Waals surface area contributed by atoms with Crippen molar-refractivity contribution in [1.29, 1.82) is 0 Å². The van der Waals surface area contributed by atoms with E-state index >= 15 is 0 Å². The zero-order valence-corrected chi connectivity index (χ0v) is 18.2. The first-order valence-corrected chi connectivity index (χ1v) is 11.6. The molecule has 0 bridgehead atoms. The lowest BCUT2D eigenvalue weighted by Crippen LogP contribution is -2.08. The van der Waals surface area contributed by atoms with Gasteiger partial charge in [0.1, 0.15) is 6.33 Å². The molecule has 0 unspecified atom stereocenters. The smallest absolute Gasteiger partial charge is 0.225 e. The Kier molecular flexibility index (Phi) is 4.76. The Hall–Kier alpha value is -3.22. The van der Waals surface area contributed by atoms with Gasteiger partial charge in [-0.3, -0.25) is 9.56 Å². The van der Waals surface area contributed by atoms with Crippen LogP contribution in [0.2, 0.25) is 5.02 Å². The number of fused-ring (bicyclic) bond motifs is 3. The minimum absolute atomic E-state index is 0.0234. The van der Waals surface area contributed by atoms with Crippen molar-refractivity contribution >= 4 is 27.1 Å². The number of imidazole rings is 1. The van der Waals surface area contributed by atoms with Crippen LogP contribution in [0, 0.1) is 6.92 Å². The molecule has 0 radical (unpaired) electrons. The molecule has 4 aromatic rings. The molecule has 154 valence electrons. The SMILES string of the molecule is Cc1ccc(S(=O)(=O)c2ncn3c2CN=C(c2ccccc2)c2cc(Cl)ccc2-3)cc1. The fraction of sp³-hybridized carbons (Fsp3) is 0.0833. The molecule has 1 aromatic heterocycles. The van der Waals surface area contributed by atoms with Gasteiger partial charge in [0.2, 0.25) is 9.84 Å². The Morgan fingerprint density at radius 1 is 0.968 bits per heavy atom. The summed E-state index contributed by atoms with van der Waals surface area (Å²) >= 11 is 6.30. The zero-order chi connectivity index (χ0) is 21.6. The molecule has 1 aliphatic rings. The number of rotatable bonds is 3. The molecule has 0 fully saturated rings. The molecule has 0 aliphatic carbocycles. The molecule has 0 saturated heterocycles. The third-order valence-corrected chi connectivity index (χ3v) is 7.30. The predicted molar refractivity (Wildman–Crippen MR) is 121 cm³/mol. The Bertz CT molecular complexity index is 1420. The van der Waals surface area contributed by atoms with Crippen molar-refractivity contribution in [2.24, 2.45) is 4.99 Å². The first-order valence-electron chi connectivity index (χ1n) is 9.73. The number of hydrogen-bond acceptors (Lipinski definition) is 4. The maximum atomic E-state index is 13.4. The second-order valence-corrected chi connectivity index (χ2v) is 9.68. The van der Waals surface area contributed by atoms with E-state index in [1.54, 1.807) is 41.2 Å². The minimum atomic E-state index is -3.79. The highest BCUT2D eigenvalue weighted by molar-refractivity contribution is 7.91. The van der Waals surface area contributed by atoms with E-state index in [0.29, 0.717) is 10.7 Å². The van der Waals surface area contributed by atoms with Crippen LogP contribution in [0.15, 0.2) is 94.0 Å². The molecule has 0 spiro atoms. The number of hydrogen-bond donors (Lipinski definition) is 0. The first kappa shape index (κ1) is 19.7. The van der Waals surface area contributed by atoms with Crippen LogP contribution in [-0.2, 0) is 16.4 Å². The lowest BCUT2D eigenvalue weighted by Gasteiger charge is -2.12. The monoisotopic (exact) mass is 447 g/mol. The summed E-state index contributed by atoms with van der Waals surface area (Å²) in [7, 11) is -3.79. The second-order valence-electron chi connectivity index (χ2n) is 7.38. The summed E-state index contributed by atoms with van der Waals surface area (Å²) in [4.78, 5) is 9.32. The molecule has 0 atom stereocenters. The van der Waals surface area contributed by atoms with E-state index in [4.69, 9.17) is 16.6 Å². The lowest BCUT2D eigenvalue weighted by molar-refractivity contribution is 0.591. The number of nitrogens with zero attached hydrogens (tertiary/aromatic N) is 3. The fourth-order valence-electron chi connectivity index (χ4n) is 3.75. The summed E-state index contributed by atoms with van der Waals surface area (Å²) in [5.74, 6) is 0. The number of aromatic nitrogens is 2. The fourth-order valence-corrected chi connectivity index (χ4v) is 5.30. The highest BCUT2D eigenvalue weighted by atomic mass is 35.5. The van der Waals surface area contributed by atoms with Crippen molar-refractivity contribution in [1.82, 2.24) is 9.55 Å². The van der Waals surface area contributed by atoms with Crippen LogP contribution in [0.25, 0.3) is 5.69 Å². The maximum Gasteiger partial charge on any atom is 0.225 e. The average Bonchev–Trinajstić information content (AvgIpc) is 3.13. The third-order valence-electron chi connectivity index (χ3n) is 5.32. The highest BCUT2D eigenvalue weighted by Gasteiger charge is 2.29. The first-order chi connectivity index (χ1) is 14.9. The summed E-state index contributed by atoms with van der Waals surface area (Å²) in [6, 6.07) is 22.1. The van der Waals surface area contributed by atoms with Gasteiger partial charge in [0.05, 0.1) is 28.5 Å². The standard InChI is InChI=1S/C24H18ClN3O2S/c1-16-7-10-19(11-8-16)31(29,30)24-22-14-26-23(17-5-3-2-4-6-17)20-13-18(25)9-12-21(20)28(22)15-27-24/h2-13,15H,14H2,1H3. The molecule has 0 saturated carbocycles. The van der Waals surface area contributed by atoms with E-state index in [0.717, 1.165) is 28.1 Å². The van der Waals surface area contributed by atoms with Crippen LogP contribution in [0.4, 0.5) is 0 Å². The van der Waals surface area contributed by atoms with E-state index in [1.807, 2.05) is 49.4 Å². The molecule has 31 heavy (non-hydrogen) atoms. The van der Waals surface area contributed by atoms with Crippen molar-refractivity contribution in [3.63, 3.8) is 0 Å². The van der Waals surface area contributed by atoms with E-state index in [9.17, 15) is 8.42 Å². The van der Waals surface area contributed by atoms with Gasteiger partial charge < -0.3 is 0 Å². The lowest BCUT2D eigenvalue weighted by atomic mass is 10.0. The van der Waals surface area contributed by atoms with Gasteiger partial charge in [-0.05, 0) is 37.3 Å². The van der Waals surface area contributed by atoms with Gasteiger partial charge in [-0.15, -0.1) is 0 Å². The number of benzene rings is 3. The van der Waals surface area contributed by atoms with Crippen molar-refractivity contribution in [3.05, 3.63) is 107 Å². The van der Waals surface area contributed by atoms with Crippen LogP contribution in [0.1, 0.15) is 22.4 Å². The largest absolute Gasteiger partial charge is 0.299 e. The topological polar surface area (TPSA) is 64.3 Å². The molecular formula is C24H18ClN3O2S. The summed E-state index contributed by atoms with van der Waals surface area (Å²) in [6.07, 6.45) is 1.55. The Morgan fingerprint density at radius 3 is 2.45 bits per heavy atom. The van der Waals surface area contributed by atoms with E-state index in [2.05, 4.69) is 4.98 Å². The van der Waals surface area contributed by atoms with Crippen molar-refractivity contribution in [2.75, 3.05) is 0 Å². The van der Waals surface area contributed by atoms with E-state index in [1.165, 1.54) is 0 Å². The number of aryl methyl sites for hydroxylation is 1. The van der Waals surface area contributed by atoms with Crippen molar-refractivity contribution in [2.45, 2.75) is 23.4 Å². The number of halogens is 1. The molecule has 1 aliphatic heterocycles. The quantitative estimate of drug-likeness (QED) is 0.443. The summed E-state index contributed by atoms with van der Waals surface area (Å²) in [6.45, 7) is 2.10. The molecule has 2 heterocycles. The molecular weight excluding hydrogens is 430 g/mol. The van der Waals surface area contributed by atoms with Crippen LogP contribution in [0.5, 0.6) is 0 Å². The Labute approximate surface area is 185 Å².